The van der Waals surface area contributed by atoms with Crippen LogP contribution in [0.3, 0.4) is 0 Å². The number of hydrogen-bond donors (Lipinski definition) is 1. The molecule has 0 bridgehead atoms. The predicted octanol–water partition coefficient (Wildman–Crippen LogP) is 8.51. The van der Waals surface area contributed by atoms with Gasteiger partial charge in [-0.15, -0.1) is 0 Å². The zero-order valence-electron chi connectivity index (χ0n) is 17.2. The van der Waals surface area contributed by atoms with Crippen molar-refractivity contribution in [2.45, 2.75) is 129 Å². The molecule has 3 heteroatoms. The van der Waals surface area contributed by atoms with Gasteiger partial charge >= 0.3 is 5.97 Å². The van der Waals surface area contributed by atoms with E-state index >= 15 is 0 Å². The van der Waals surface area contributed by atoms with Crippen LogP contribution < -0.4 is 0 Å². The summed E-state index contributed by atoms with van der Waals surface area (Å²) in [5.41, 5.74) is 0. The highest BCUT2D eigenvalue weighted by Crippen LogP contribution is 2.11. The third-order valence-corrected chi connectivity index (χ3v) is 5.04. The Balaban J connectivity index is 0. The number of aliphatic carboxylic acids is 1. The fraction of sp³-hybridized carbons (Fsp3) is 0.955. The highest BCUT2D eigenvalue weighted by molar-refractivity contribution is 9.09. The van der Waals surface area contributed by atoms with Gasteiger partial charge in [0.1, 0.15) is 0 Å². The van der Waals surface area contributed by atoms with Gasteiger partial charge in [0.2, 0.25) is 0 Å². The minimum absolute atomic E-state index is 0.328. The lowest BCUT2D eigenvalue weighted by Gasteiger charge is -2.01. The molecular formula is C22H45BrO2. The predicted molar refractivity (Wildman–Crippen MR) is 116 cm³/mol. The molecule has 0 saturated heterocycles. The second kappa shape index (κ2) is 26.2. The van der Waals surface area contributed by atoms with Crippen LogP contribution in [0.5, 0.6) is 0 Å². The van der Waals surface area contributed by atoms with E-state index in [-0.39, 0.29) is 0 Å². The zero-order chi connectivity index (χ0) is 19.0. The summed E-state index contributed by atoms with van der Waals surface area (Å²) >= 11 is 3.35. The molecule has 0 aromatic rings. The van der Waals surface area contributed by atoms with Crippen molar-refractivity contribution in [1.29, 1.82) is 0 Å². The lowest BCUT2D eigenvalue weighted by Crippen LogP contribution is -1.93. The van der Waals surface area contributed by atoms with Crippen molar-refractivity contribution in [1.82, 2.24) is 0 Å². The topological polar surface area (TPSA) is 37.3 Å². The molecule has 25 heavy (non-hydrogen) atoms. The van der Waals surface area contributed by atoms with Crippen LogP contribution >= 0.6 is 15.9 Å². The molecule has 0 aliphatic rings. The lowest BCUT2D eigenvalue weighted by molar-refractivity contribution is -0.137. The average Bonchev–Trinajstić information content (AvgIpc) is 2.60. The molecule has 0 heterocycles. The second-order valence-electron chi connectivity index (χ2n) is 7.14. The summed E-state index contributed by atoms with van der Waals surface area (Å²) in [6.45, 7) is 4.57. The van der Waals surface area contributed by atoms with Crippen molar-refractivity contribution in [2.24, 2.45) is 0 Å². The third kappa shape index (κ3) is 32.1. The Hall–Kier alpha value is -0.0500. The number of halogens is 1. The van der Waals surface area contributed by atoms with Crippen LogP contribution in [0.1, 0.15) is 129 Å². The summed E-state index contributed by atoms with van der Waals surface area (Å²) < 4.78 is 0. The van der Waals surface area contributed by atoms with E-state index in [0.717, 1.165) is 18.2 Å². The molecule has 0 saturated carbocycles. The van der Waals surface area contributed by atoms with E-state index < -0.39 is 5.97 Å². The van der Waals surface area contributed by atoms with Crippen LogP contribution in [-0.2, 0) is 4.79 Å². The summed E-state index contributed by atoms with van der Waals surface area (Å²) in [6.07, 6.45) is 23.2. The maximum absolute atomic E-state index is 10.1. The first kappa shape index (κ1) is 27.2. The van der Waals surface area contributed by atoms with E-state index in [2.05, 4.69) is 29.8 Å². The first-order valence-corrected chi connectivity index (χ1v) is 12.1. The minimum Gasteiger partial charge on any atom is -0.481 e. The summed E-state index contributed by atoms with van der Waals surface area (Å²) in [7, 11) is 0. The van der Waals surface area contributed by atoms with Crippen molar-refractivity contribution in [2.75, 3.05) is 5.33 Å². The van der Waals surface area contributed by atoms with E-state index in [9.17, 15) is 4.79 Å². The number of carboxylic acids is 1. The zero-order valence-corrected chi connectivity index (χ0v) is 18.8. The number of carbonyl (C=O) groups is 1. The average molecular weight is 422 g/mol. The summed E-state index contributed by atoms with van der Waals surface area (Å²) in [5, 5.41) is 9.37. The summed E-state index contributed by atoms with van der Waals surface area (Å²) in [4.78, 5) is 10.1. The van der Waals surface area contributed by atoms with Crippen LogP contribution in [0, 0.1) is 0 Å². The molecule has 0 aromatic heterocycles. The molecule has 0 unspecified atom stereocenters. The van der Waals surface area contributed by atoms with Gasteiger partial charge in [-0.3, -0.25) is 4.79 Å². The molecule has 0 fully saturated rings. The van der Waals surface area contributed by atoms with Gasteiger partial charge in [-0.05, 0) is 12.8 Å². The van der Waals surface area contributed by atoms with E-state index in [0.29, 0.717) is 6.42 Å². The Morgan fingerprint density at radius 1 is 0.600 bits per heavy atom. The number of carboxylic acid groups (broad SMARTS) is 1. The summed E-state index contributed by atoms with van der Waals surface area (Å²) in [6, 6.07) is 0. The number of unbranched alkanes of at least 4 members (excludes halogenated alkanes) is 15. The normalized spacial score (nSPS) is 10.4. The van der Waals surface area contributed by atoms with Crippen LogP contribution in [0.15, 0.2) is 0 Å². The molecule has 2 nitrogen and oxygen atoms in total. The van der Waals surface area contributed by atoms with Crippen LogP contribution in [0.4, 0.5) is 0 Å². The quantitative estimate of drug-likeness (QED) is 0.178. The number of rotatable bonds is 18. The molecule has 0 aliphatic carbocycles. The largest absolute Gasteiger partial charge is 0.481 e. The molecule has 0 amide bonds. The van der Waals surface area contributed by atoms with Crippen molar-refractivity contribution < 1.29 is 9.90 Å². The van der Waals surface area contributed by atoms with Crippen LogP contribution in [0.25, 0.3) is 0 Å². The Bertz CT molecular complexity index is 232. The molecule has 0 atom stereocenters. The molecule has 0 spiro atoms. The van der Waals surface area contributed by atoms with Crippen LogP contribution in [0.2, 0.25) is 0 Å². The van der Waals surface area contributed by atoms with Crippen molar-refractivity contribution >= 4 is 21.9 Å². The molecule has 0 aliphatic heterocycles. The number of alkyl halides is 1. The minimum atomic E-state index is -0.675. The van der Waals surface area contributed by atoms with Crippen molar-refractivity contribution in [3.8, 4) is 0 Å². The Labute approximate surface area is 166 Å². The van der Waals surface area contributed by atoms with Gasteiger partial charge in [-0.2, -0.15) is 0 Å². The van der Waals surface area contributed by atoms with Gasteiger partial charge < -0.3 is 5.11 Å². The van der Waals surface area contributed by atoms with Crippen molar-refractivity contribution in [3.63, 3.8) is 0 Å². The first-order valence-electron chi connectivity index (χ1n) is 11.0. The molecule has 0 radical (unpaired) electrons. The Kier molecular flexibility index (Phi) is 28.5. The maximum atomic E-state index is 10.1. The van der Waals surface area contributed by atoms with Gasteiger partial charge in [0, 0.05) is 11.8 Å². The molecule has 1 N–H and O–H groups in total. The first-order chi connectivity index (χ1) is 12.2. The smallest absolute Gasteiger partial charge is 0.303 e. The van der Waals surface area contributed by atoms with Crippen molar-refractivity contribution in [3.05, 3.63) is 0 Å². The van der Waals surface area contributed by atoms with E-state index in [1.807, 2.05) is 0 Å². The highest BCUT2D eigenvalue weighted by atomic mass is 79.9. The molecule has 0 rings (SSSR count). The third-order valence-electron chi connectivity index (χ3n) is 4.48. The van der Waals surface area contributed by atoms with Gasteiger partial charge in [0.25, 0.3) is 0 Å². The molecule has 152 valence electrons. The van der Waals surface area contributed by atoms with E-state index in [1.54, 1.807) is 0 Å². The fourth-order valence-electron chi connectivity index (χ4n) is 2.82. The monoisotopic (exact) mass is 420 g/mol. The van der Waals surface area contributed by atoms with Gasteiger partial charge in [-0.1, -0.05) is 126 Å². The summed E-state index contributed by atoms with van der Waals surface area (Å²) in [5.74, 6) is -0.675. The van der Waals surface area contributed by atoms with Gasteiger partial charge in [0.15, 0.2) is 0 Å². The molecule has 0 aromatic carbocycles. The Morgan fingerprint density at radius 2 is 0.920 bits per heavy atom. The van der Waals surface area contributed by atoms with Crippen LogP contribution in [-0.4, -0.2) is 16.4 Å². The Morgan fingerprint density at radius 3 is 1.24 bits per heavy atom. The van der Waals surface area contributed by atoms with E-state index in [4.69, 9.17) is 5.11 Å². The van der Waals surface area contributed by atoms with Gasteiger partial charge in [0.05, 0.1) is 0 Å². The lowest BCUT2D eigenvalue weighted by atomic mass is 10.1. The standard InChI is InChI=1S/C14H30.C8H15BrO2/c1-3-5-7-9-11-13-14-12-10-8-6-4-2;9-7-5-3-1-2-4-6-8(10)11/h3-14H2,1-2H3;1-7H2,(H,10,11). The SMILES string of the molecule is CCCCCCCCCCCCCC.O=C(O)CCCCCCCBr. The second-order valence-corrected chi connectivity index (χ2v) is 7.93. The molecular weight excluding hydrogens is 376 g/mol. The highest BCUT2D eigenvalue weighted by Gasteiger charge is 1.95. The number of hydrogen-bond acceptors (Lipinski definition) is 1. The maximum Gasteiger partial charge on any atom is 0.303 e. The van der Waals surface area contributed by atoms with E-state index in [1.165, 1.54) is 96.3 Å². The van der Waals surface area contributed by atoms with Gasteiger partial charge in [-0.25, -0.2) is 0 Å². The fourth-order valence-corrected chi connectivity index (χ4v) is 3.21.